The van der Waals surface area contributed by atoms with E-state index in [-0.39, 0.29) is 11.6 Å². The molecule has 4 heteroatoms. The van der Waals surface area contributed by atoms with Gasteiger partial charge in [0, 0.05) is 29.3 Å². The van der Waals surface area contributed by atoms with Gasteiger partial charge in [0.1, 0.15) is 5.82 Å². The molecule has 0 unspecified atom stereocenters. The molecule has 0 aliphatic carbocycles. The fourth-order valence-corrected chi connectivity index (χ4v) is 2.48. The number of rotatable bonds is 4. The predicted octanol–water partition coefficient (Wildman–Crippen LogP) is 4.43. The Labute approximate surface area is 126 Å². The minimum Gasteiger partial charge on any atom is -0.370 e. The number of hydrogen-bond donors (Lipinski definition) is 0. The molecule has 0 aromatic heterocycles. The van der Waals surface area contributed by atoms with Crippen LogP contribution in [-0.4, -0.2) is 12.8 Å². The van der Waals surface area contributed by atoms with Crippen molar-refractivity contribution in [1.82, 2.24) is 0 Å². The Bertz CT molecular complexity index is 642. The lowest BCUT2D eigenvalue weighted by molar-refractivity contribution is 0.101. The number of halogens is 2. The highest BCUT2D eigenvalue weighted by atomic mass is 79.9. The molecule has 2 aromatic rings. The minimum absolute atomic E-state index is 0.00684. The van der Waals surface area contributed by atoms with Crippen molar-refractivity contribution in [2.24, 2.45) is 0 Å². The van der Waals surface area contributed by atoms with Crippen molar-refractivity contribution in [3.8, 4) is 0 Å². The van der Waals surface area contributed by atoms with Gasteiger partial charge in [-0.25, -0.2) is 4.39 Å². The minimum atomic E-state index is -0.251. The first kappa shape index (κ1) is 14.7. The SMILES string of the molecule is CC(=O)c1cc(Br)ccc1N(C)Cc1cccc(F)c1. The lowest BCUT2D eigenvalue weighted by atomic mass is 10.1. The molecule has 0 saturated carbocycles. The molecule has 0 N–H and O–H groups in total. The molecule has 0 fully saturated rings. The summed E-state index contributed by atoms with van der Waals surface area (Å²) in [4.78, 5) is 13.7. The molecule has 0 aliphatic heterocycles. The Morgan fingerprint density at radius 1 is 1.25 bits per heavy atom. The summed E-state index contributed by atoms with van der Waals surface area (Å²) in [7, 11) is 1.89. The first-order chi connectivity index (χ1) is 9.47. The van der Waals surface area contributed by atoms with E-state index in [4.69, 9.17) is 0 Å². The molecular formula is C16H15BrFNO. The van der Waals surface area contributed by atoms with Gasteiger partial charge >= 0.3 is 0 Å². The highest BCUT2D eigenvalue weighted by molar-refractivity contribution is 9.10. The van der Waals surface area contributed by atoms with Crippen LogP contribution in [0, 0.1) is 5.82 Å². The highest BCUT2D eigenvalue weighted by Crippen LogP contribution is 2.25. The Balaban J connectivity index is 2.29. The zero-order chi connectivity index (χ0) is 14.7. The first-order valence-electron chi connectivity index (χ1n) is 6.23. The van der Waals surface area contributed by atoms with E-state index in [1.165, 1.54) is 12.1 Å². The van der Waals surface area contributed by atoms with E-state index >= 15 is 0 Å². The monoisotopic (exact) mass is 335 g/mol. The van der Waals surface area contributed by atoms with E-state index in [9.17, 15) is 9.18 Å². The maximum Gasteiger partial charge on any atom is 0.161 e. The van der Waals surface area contributed by atoms with Gasteiger partial charge in [-0.1, -0.05) is 28.1 Å². The molecule has 0 bridgehead atoms. The van der Waals surface area contributed by atoms with Crippen molar-refractivity contribution in [3.05, 3.63) is 63.9 Å². The van der Waals surface area contributed by atoms with Gasteiger partial charge in [0.05, 0.1) is 0 Å². The molecule has 20 heavy (non-hydrogen) atoms. The second-order valence-electron chi connectivity index (χ2n) is 4.70. The highest BCUT2D eigenvalue weighted by Gasteiger charge is 2.12. The molecule has 2 aromatic carbocycles. The molecule has 104 valence electrons. The second-order valence-corrected chi connectivity index (χ2v) is 5.62. The van der Waals surface area contributed by atoms with E-state index in [2.05, 4.69) is 15.9 Å². The summed E-state index contributed by atoms with van der Waals surface area (Å²) >= 11 is 3.37. The third-order valence-corrected chi connectivity index (χ3v) is 3.55. The fourth-order valence-electron chi connectivity index (χ4n) is 2.12. The summed E-state index contributed by atoms with van der Waals surface area (Å²) in [6, 6.07) is 12.1. The van der Waals surface area contributed by atoms with Crippen LogP contribution in [0.5, 0.6) is 0 Å². The lowest BCUT2D eigenvalue weighted by Crippen LogP contribution is -2.19. The van der Waals surface area contributed by atoms with Gasteiger partial charge < -0.3 is 4.90 Å². The van der Waals surface area contributed by atoms with Gasteiger partial charge in [-0.05, 0) is 42.8 Å². The van der Waals surface area contributed by atoms with Crippen molar-refractivity contribution < 1.29 is 9.18 Å². The van der Waals surface area contributed by atoms with Crippen molar-refractivity contribution >= 4 is 27.4 Å². The molecule has 2 nitrogen and oxygen atoms in total. The molecular weight excluding hydrogens is 321 g/mol. The van der Waals surface area contributed by atoms with E-state index in [0.717, 1.165) is 15.7 Å². The van der Waals surface area contributed by atoms with Gasteiger partial charge in [0.2, 0.25) is 0 Å². The van der Waals surface area contributed by atoms with E-state index in [1.807, 2.05) is 30.1 Å². The van der Waals surface area contributed by atoms with Gasteiger partial charge in [-0.2, -0.15) is 0 Å². The summed E-state index contributed by atoms with van der Waals surface area (Å²) in [5, 5.41) is 0. The van der Waals surface area contributed by atoms with Crippen LogP contribution in [-0.2, 0) is 6.54 Å². The van der Waals surface area contributed by atoms with E-state index in [1.54, 1.807) is 19.1 Å². The Kier molecular flexibility index (Phi) is 4.55. The molecule has 0 saturated heterocycles. The molecule has 0 spiro atoms. The molecule has 2 rings (SSSR count). The van der Waals surface area contributed by atoms with Crippen LogP contribution in [0.4, 0.5) is 10.1 Å². The zero-order valence-corrected chi connectivity index (χ0v) is 12.9. The van der Waals surface area contributed by atoms with Crippen molar-refractivity contribution in [2.75, 3.05) is 11.9 Å². The zero-order valence-electron chi connectivity index (χ0n) is 11.4. The number of ketones is 1. The second kappa shape index (κ2) is 6.18. The Hall–Kier alpha value is -1.68. The maximum atomic E-state index is 13.2. The number of carbonyl (C=O) groups is 1. The van der Waals surface area contributed by atoms with Gasteiger partial charge in [-0.15, -0.1) is 0 Å². The molecule has 0 heterocycles. The molecule has 0 aliphatic rings. The molecule has 0 radical (unpaired) electrons. The Morgan fingerprint density at radius 3 is 2.65 bits per heavy atom. The van der Waals surface area contributed by atoms with Crippen LogP contribution < -0.4 is 4.90 Å². The van der Waals surface area contributed by atoms with E-state index in [0.29, 0.717) is 12.1 Å². The summed E-state index contributed by atoms with van der Waals surface area (Å²) < 4.78 is 14.1. The van der Waals surface area contributed by atoms with Crippen LogP contribution in [0.15, 0.2) is 46.9 Å². The summed E-state index contributed by atoms with van der Waals surface area (Å²) in [6.45, 7) is 2.08. The lowest BCUT2D eigenvalue weighted by Gasteiger charge is -2.22. The van der Waals surface area contributed by atoms with Crippen molar-refractivity contribution in [2.45, 2.75) is 13.5 Å². The predicted molar refractivity (Wildman–Crippen MR) is 82.7 cm³/mol. The molecule has 0 amide bonds. The number of nitrogens with zero attached hydrogens (tertiary/aromatic N) is 1. The van der Waals surface area contributed by atoms with Crippen LogP contribution >= 0.6 is 15.9 Å². The number of anilines is 1. The number of carbonyl (C=O) groups excluding carboxylic acids is 1. The fraction of sp³-hybridized carbons (Fsp3) is 0.188. The smallest absolute Gasteiger partial charge is 0.161 e. The number of Topliss-reactive ketones (excluding diaryl/α,β-unsaturated/α-hetero) is 1. The Morgan fingerprint density at radius 2 is 2.00 bits per heavy atom. The van der Waals surface area contributed by atoms with Crippen molar-refractivity contribution in [3.63, 3.8) is 0 Å². The third kappa shape index (κ3) is 3.45. The molecule has 0 atom stereocenters. The largest absolute Gasteiger partial charge is 0.370 e. The van der Waals surface area contributed by atoms with Crippen molar-refractivity contribution in [1.29, 1.82) is 0 Å². The average Bonchev–Trinajstić information content (AvgIpc) is 2.38. The standard InChI is InChI=1S/C16H15BrFNO/c1-11(20)15-9-13(17)6-7-16(15)19(2)10-12-4-3-5-14(18)8-12/h3-9H,10H2,1-2H3. The average molecular weight is 336 g/mol. The summed E-state index contributed by atoms with van der Waals surface area (Å²) in [5.41, 5.74) is 2.35. The maximum absolute atomic E-state index is 13.2. The summed E-state index contributed by atoms with van der Waals surface area (Å²) in [6.07, 6.45) is 0. The van der Waals surface area contributed by atoms with Crippen LogP contribution in [0.1, 0.15) is 22.8 Å². The topological polar surface area (TPSA) is 20.3 Å². The van der Waals surface area contributed by atoms with E-state index < -0.39 is 0 Å². The van der Waals surface area contributed by atoms with Gasteiger partial charge in [0.25, 0.3) is 0 Å². The van der Waals surface area contributed by atoms with Crippen LogP contribution in [0.3, 0.4) is 0 Å². The number of hydrogen-bond acceptors (Lipinski definition) is 2. The summed E-state index contributed by atoms with van der Waals surface area (Å²) in [5.74, 6) is -0.245. The number of benzene rings is 2. The third-order valence-electron chi connectivity index (χ3n) is 3.06. The quantitative estimate of drug-likeness (QED) is 0.770. The first-order valence-corrected chi connectivity index (χ1v) is 7.03. The van der Waals surface area contributed by atoms with Gasteiger partial charge in [0.15, 0.2) is 5.78 Å². The normalized spacial score (nSPS) is 10.4. The van der Waals surface area contributed by atoms with Gasteiger partial charge in [-0.3, -0.25) is 4.79 Å². The van der Waals surface area contributed by atoms with Crippen LogP contribution in [0.25, 0.3) is 0 Å². The van der Waals surface area contributed by atoms with Crippen LogP contribution in [0.2, 0.25) is 0 Å².